The number of aliphatic imine (C=N–C) groups is 1. The van der Waals surface area contributed by atoms with E-state index in [9.17, 15) is 4.79 Å². The van der Waals surface area contributed by atoms with Crippen LogP contribution in [0.15, 0.2) is 29.3 Å². The number of nitrogens with zero attached hydrogens (tertiary/aromatic N) is 1. The summed E-state index contributed by atoms with van der Waals surface area (Å²) >= 11 is 1.63. The zero-order chi connectivity index (χ0) is 12.4. The number of amidine groups is 1. The van der Waals surface area contributed by atoms with Crippen LogP contribution in [0.5, 0.6) is 0 Å². The molecule has 1 atom stereocenters. The molecule has 1 amide bonds. The Bertz CT molecular complexity index is 498. The van der Waals surface area contributed by atoms with Crippen molar-refractivity contribution in [3.63, 3.8) is 0 Å². The van der Waals surface area contributed by atoms with Crippen molar-refractivity contribution in [3.05, 3.63) is 35.4 Å². The molecule has 0 aromatic heterocycles. The van der Waals surface area contributed by atoms with Crippen LogP contribution < -0.4 is 5.32 Å². The van der Waals surface area contributed by atoms with E-state index in [0.29, 0.717) is 0 Å². The van der Waals surface area contributed by atoms with E-state index in [2.05, 4.69) is 28.5 Å². The highest BCUT2D eigenvalue weighted by molar-refractivity contribution is 8.14. The number of fused-ring (bicyclic) bond motifs is 1. The number of nitrogens with one attached hydrogen (secondary N) is 1. The van der Waals surface area contributed by atoms with Crippen molar-refractivity contribution in [1.29, 1.82) is 0 Å². The average molecular weight is 260 g/mol. The Hall–Kier alpha value is -1.29. The molecular formula is C14H16N2OS. The van der Waals surface area contributed by atoms with Gasteiger partial charge in [0.25, 0.3) is 0 Å². The number of carbonyl (C=O) groups is 1. The average Bonchev–Trinajstić information content (AvgIpc) is 2.91. The molecule has 0 fully saturated rings. The first-order valence-electron chi connectivity index (χ1n) is 6.40. The highest BCUT2D eigenvalue weighted by Crippen LogP contribution is 2.31. The summed E-state index contributed by atoms with van der Waals surface area (Å²) in [7, 11) is 0. The van der Waals surface area contributed by atoms with Crippen LogP contribution >= 0.6 is 11.8 Å². The summed E-state index contributed by atoms with van der Waals surface area (Å²) < 4.78 is 0. The molecule has 0 radical (unpaired) electrons. The second kappa shape index (κ2) is 5.14. The number of amides is 1. The summed E-state index contributed by atoms with van der Waals surface area (Å²) in [4.78, 5) is 16.6. The maximum absolute atomic E-state index is 12.3. The fourth-order valence-electron chi connectivity index (χ4n) is 2.63. The zero-order valence-electron chi connectivity index (χ0n) is 10.2. The normalized spacial score (nSPS) is 22.2. The number of thioether (sulfide) groups is 1. The quantitative estimate of drug-likeness (QED) is 0.842. The number of rotatable bonds is 1. The SMILES string of the molecule is O=C(NC1=NCCS1)[C@H]1CCCc2ccccc21. The summed E-state index contributed by atoms with van der Waals surface area (Å²) in [5, 5.41) is 3.76. The van der Waals surface area contributed by atoms with E-state index in [1.165, 1.54) is 11.1 Å². The molecule has 1 aliphatic heterocycles. The van der Waals surface area contributed by atoms with Gasteiger partial charge < -0.3 is 5.32 Å². The molecular weight excluding hydrogens is 244 g/mol. The van der Waals surface area contributed by atoms with E-state index in [-0.39, 0.29) is 11.8 Å². The first kappa shape index (κ1) is 11.8. The van der Waals surface area contributed by atoms with Gasteiger partial charge in [0, 0.05) is 5.75 Å². The minimum absolute atomic E-state index is 0.00106. The molecule has 1 heterocycles. The van der Waals surface area contributed by atoms with Crippen LogP contribution in [-0.2, 0) is 11.2 Å². The molecule has 3 nitrogen and oxygen atoms in total. The van der Waals surface area contributed by atoms with Crippen molar-refractivity contribution in [1.82, 2.24) is 5.32 Å². The fraction of sp³-hybridized carbons (Fsp3) is 0.429. The molecule has 0 saturated heterocycles. The van der Waals surface area contributed by atoms with E-state index in [4.69, 9.17) is 0 Å². The molecule has 2 aliphatic rings. The molecule has 0 bridgehead atoms. The van der Waals surface area contributed by atoms with Crippen LogP contribution in [0.2, 0.25) is 0 Å². The molecule has 1 N–H and O–H groups in total. The zero-order valence-corrected chi connectivity index (χ0v) is 11.0. The molecule has 3 rings (SSSR count). The van der Waals surface area contributed by atoms with Crippen molar-refractivity contribution in [2.24, 2.45) is 4.99 Å². The molecule has 0 saturated carbocycles. The molecule has 94 valence electrons. The first-order chi connectivity index (χ1) is 8.84. The van der Waals surface area contributed by atoms with Gasteiger partial charge in [-0.3, -0.25) is 9.79 Å². The molecule has 18 heavy (non-hydrogen) atoms. The Kier molecular flexibility index (Phi) is 3.37. The summed E-state index contributed by atoms with van der Waals surface area (Å²) in [5.74, 6) is 1.09. The second-order valence-electron chi connectivity index (χ2n) is 4.67. The third-order valence-corrected chi connectivity index (χ3v) is 4.39. The Morgan fingerprint density at radius 3 is 3.11 bits per heavy atom. The van der Waals surface area contributed by atoms with Crippen molar-refractivity contribution >= 4 is 22.8 Å². The standard InChI is InChI=1S/C14H16N2OS/c17-13(16-14-15-8-9-18-14)12-7-3-5-10-4-1-2-6-11(10)12/h1-2,4,6,12H,3,5,7-9H2,(H,15,16,17)/t12-/m0/s1. The van der Waals surface area contributed by atoms with Gasteiger partial charge in [0.1, 0.15) is 0 Å². The second-order valence-corrected chi connectivity index (χ2v) is 5.75. The monoisotopic (exact) mass is 260 g/mol. The van der Waals surface area contributed by atoms with Gasteiger partial charge in [-0.2, -0.15) is 0 Å². The van der Waals surface area contributed by atoms with Crippen LogP contribution in [0, 0.1) is 0 Å². The van der Waals surface area contributed by atoms with Gasteiger partial charge in [0.05, 0.1) is 12.5 Å². The number of aryl methyl sites for hydroxylation is 1. The Morgan fingerprint density at radius 1 is 1.39 bits per heavy atom. The fourth-order valence-corrected chi connectivity index (χ4v) is 3.36. The van der Waals surface area contributed by atoms with Gasteiger partial charge in [0.2, 0.25) is 5.91 Å². The lowest BCUT2D eigenvalue weighted by Crippen LogP contribution is -2.34. The van der Waals surface area contributed by atoms with Crippen LogP contribution in [0.4, 0.5) is 0 Å². The largest absolute Gasteiger partial charge is 0.305 e. The number of hydrogen-bond acceptors (Lipinski definition) is 3. The smallest absolute Gasteiger partial charge is 0.233 e. The van der Waals surface area contributed by atoms with E-state index < -0.39 is 0 Å². The maximum atomic E-state index is 12.3. The third kappa shape index (κ3) is 2.29. The number of hydrogen-bond donors (Lipinski definition) is 1. The summed E-state index contributed by atoms with van der Waals surface area (Å²) in [6.07, 6.45) is 3.13. The topological polar surface area (TPSA) is 41.5 Å². The van der Waals surface area contributed by atoms with Crippen molar-refractivity contribution in [3.8, 4) is 0 Å². The van der Waals surface area contributed by atoms with Gasteiger partial charge in [-0.1, -0.05) is 36.0 Å². The van der Waals surface area contributed by atoms with Crippen molar-refractivity contribution in [2.75, 3.05) is 12.3 Å². The molecule has 0 unspecified atom stereocenters. The molecule has 1 aliphatic carbocycles. The summed E-state index contributed by atoms with van der Waals surface area (Å²) in [6, 6.07) is 8.29. The predicted molar refractivity (Wildman–Crippen MR) is 75.0 cm³/mol. The lowest BCUT2D eigenvalue weighted by molar-refractivity contribution is -0.121. The van der Waals surface area contributed by atoms with Gasteiger partial charge in [0.15, 0.2) is 5.17 Å². The minimum atomic E-state index is -0.00106. The maximum Gasteiger partial charge on any atom is 0.233 e. The molecule has 0 spiro atoms. The van der Waals surface area contributed by atoms with Crippen molar-refractivity contribution in [2.45, 2.75) is 25.2 Å². The summed E-state index contributed by atoms with van der Waals surface area (Å²) in [5.41, 5.74) is 2.52. The van der Waals surface area contributed by atoms with E-state index in [0.717, 1.165) is 36.7 Å². The minimum Gasteiger partial charge on any atom is -0.305 e. The van der Waals surface area contributed by atoms with Gasteiger partial charge in [-0.25, -0.2) is 0 Å². The Morgan fingerprint density at radius 2 is 2.28 bits per heavy atom. The first-order valence-corrected chi connectivity index (χ1v) is 7.39. The Balaban J connectivity index is 1.78. The third-order valence-electron chi connectivity index (χ3n) is 3.50. The van der Waals surface area contributed by atoms with Crippen LogP contribution in [0.1, 0.15) is 29.9 Å². The lowest BCUT2D eigenvalue weighted by atomic mass is 9.82. The lowest BCUT2D eigenvalue weighted by Gasteiger charge is -2.24. The van der Waals surface area contributed by atoms with E-state index >= 15 is 0 Å². The highest BCUT2D eigenvalue weighted by atomic mass is 32.2. The molecule has 1 aromatic carbocycles. The number of carbonyl (C=O) groups excluding carboxylic acids is 1. The predicted octanol–water partition coefficient (Wildman–Crippen LogP) is 2.33. The highest BCUT2D eigenvalue weighted by Gasteiger charge is 2.27. The number of benzene rings is 1. The Labute approximate surface area is 111 Å². The van der Waals surface area contributed by atoms with Gasteiger partial charge in [-0.05, 0) is 30.4 Å². The van der Waals surface area contributed by atoms with Crippen molar-refractivity contribution < 1.29 is 4.79 Å². The molecule has 1 aromatic rings. The van der Waals surface area contributed by atoms with E-state index in [1.54, 1.807) is 11.8 Å². The molecule has 4 heteroatoms. The summed E-state index contributed by atoms with van der Waals surface area (Å²) in [6.45, 7) is 0.821. The van der Waals surface area contributed by atoms with Crippen LogP contribution in [-0.4, -0.2) is 23.4 Å². The van der Waals surface area contributed by atoms with E-state index in [1.807, 2.05) is 6.07 Å². The van der Waals surface area contributed by atoms with Crippen LogP contribution in [0.25, 0.3) is 0 Å². The van der Waals surface area contributed by atoms with Gasteiger partial charge >= 0.3 is 0 Å². The van der Waals surface area contributed by atoms with Gasteiger partial charge in [-0.15, -0.1) is 0 Å². The van der Waals surface area contributed by atoms with Crippen LogP contribution in [0.3, 0.4) is 0 Å².